The van der Waals surface area contributed by atoms with Crippen LogP contribution in [0.15, 0.2) is 40.2 Å². The maximum atomic E-state index is 12.3. The zero-order valence-corrected chi connectivity index (χ0v) is 12.5. The molecule has 0 amide bonds. The van der Waals surface area contributed by atoms with E-state index < -0.39 is 10.0 Å². The lowest BCUT2D eigenvalue weighted by molar-refractivity contribution is 0.557. The van der Waals surface area contributed by atoms with E-state index in [4.69, 9.17) is 5.84 Å². The second-order valence-electron chi connectivity index (χ2n) is 4.36. The van der Waals surface area contributed by atoms with Crippen LogP contribution < -0.4 is 16.0 Å². The number of hydrogen-bond donors (Lipinski definition) is 3. The number of anilines is 1. The molecule has 0 aliphatic heterocycles. The summed E-state index contributed by atoms with van der Waals surface area (Å²) in [6, 6.07) is 4.92. The number of nitrogen functional groups attached to an aromatic ring is 1. The number of hydrogen-bond acceptors (Lipinski definition) is 6. The highest BCUT2D eigenvalue weighted by Crippen LogP contribution is 2.17. The van der Waals surface area contributed by atoms with Gasteiger partial charge in [-0.15, -0.1) is 0 Å². The Morgan fingerprint density at radius 3 is 2.90 bits per heavy atom. The van der Waals surface area contributed by atoms with Gasteiger partial charge in [0.2, 0.25) is 0 Å². The van der Waals surface area contributed by atoms with Gasteiger partial charge in [-0.25, -0.2) is 18.1 Å². The van der Waals surface area contributed by atoms with E-state index >= 15 is 0 Å². The third-order valence-electron chi connectivity index (χ3n) is 2.66. The molecule has 1 unspecified atom stereocenters. The molecule has 108 valence electrons. The summed E-state index contributed by atoms with van der Waals surface area (Å²) < 4.78 is 27.2. The van der Waals surface area contributed by atoms with E-state index in [-0.39, 0.29) is 16.8 Å². The van der Waals surface area contributed by atoms with Crippen LogP contribution in [0.3, 0.4) is 0 Å². The molecule has 0 aromatic carbocycles. The van der Waals surface area contributed by atoms with Gasteiger partial charge in [-0.05, 0) is 47.9 Å². The first kappa shape index (κ1) is 14.9. The van der Waals surface area contributed by atoms with Gasteiger partial charge >= 0.3 is 0 Å². The van der Waals surface area contributed by atoms with Crippen LogP contribution in [0.5, 0.6) is 0 Å². The Morgan fingerprint density at radius 2 is 2.25 bits per heavy atom. The van der Waals surface area contributed by atoms with Crippen LogP contribution in [-0.4, -0.2) is 19.4 Å². The topological polar surface area (TPSA) is 97.1 Å². The summed E-state index contributed by atoms with van der Waals surface area (Å²) in [5.74, 6) is 5.31. The molecule has 6 nitrogen and oxygen atoms in total. The van der Waals surface area contributed by atoms with Gasteiger partial charge in [0.15, 0.2) is 5.03 Å². The van der Waals surface area contributed by atoms with Crippen molar-refractivity contribution in [3.05, 3.63) is 40.7 Å². The lowest BCUT2D eigenvalue weighted by Crippen LogP contribution is -2.35. The number of nitrogens with two attached hydrogens (primary N) is 1. The summed E-state index contributed by atoms with van der Waals surface area (Å²) in [7, 11) is -3.71. The smallest absolute Gasteiger partial charge is 0.260 e. The maximum absolute atomic E-state index is 12.3. The van der Waals surface area contributed by atoms with Crippen molar-refractivity contribution in [1.29, 1.82) is 0 Å². The van der Waals surface area contributed by atoms with E-state index in [1.54, 1.807) is 23.5 Å². The zero-order chi connectivity index (χ0) is 14.6. The predicted molar refractivity (Wildman–Crippen MR) is 79.9 cm³/mol. The van der Waals surface area contributed by atoms with Gasteiger partial charge in [-0.3, -0.25) is 5.84 Å². The Bertz CT molecular complexity index is 656. The highest BCUT2D eigenvalue weighted by molar-refractivity contribution is 7.89. The highest BCUT2D eigenvalue weighted by atomic mass is 32.2. The van der Waals surface area contributed by atoms with Crippen molar-refractivity contribution in [3.63, 3.8) is 0 Å². The first-order chi connectivity index (χ1) is 9.53. The van der Waals surface area contributed by atoms with Crippen LogP contribution in [0.1, 0.15) is 12.5 Å². The van der Waals surface area contributed by atoms with Gasteiger partial charge in [0, 0.05) is 12.2 Å². The van der Waals surface area contributed by atoms with Gasteiger partial charge < -0.3 is 5.43 Å². The molecule has 4 N–H and O–H groups in total. The second kappa shape index (κ2) is 6.31. The summed E-state index contributed by atoms with van der Waals surface area (Å²) in [6.07, 6.45) is 2.04. The first-order valence-corrected chi connectivity index (χ1v) is 8.40. The average Bonchev–Trinajstić information content (AvgIpc) is 2.90. The van der Waals surface area contributed by atoms with Crippen LogP contribution in [0, 0.1) is 0 Å². The Labute approximate surface area is 122 Å². The molecular formula is C12H16N4O2S2. The zero-order valence-electron chi connectivity index (χ0n) is 10.9. The van der Waals surface area contributed by atoms with Crippen molar-refractivity contribution in [2.75, 3.05) is 5.43 Å². The summed E-state index contributed by atoms with van der Waals surface area (Å²) >= 11 is 1.59. The number of rotatable bonds is 6. The molecule has 0 radical (unpaired) electrons. The lowest BCUT2D eigenvalue weighted by Gasteiger charge is -2.14. The molecule has 1 atom stereocenters. The molecule has 0 saturated carbocycles. The monoisotopic (exact) mass is 312 g/mol. The standard InChI is InChI=1S/C12H16N4O2S2/c1-9(7-10-4-6-19-8-10)16-20(17,18)12-11(15-13)3-2-5-14-12/h2-6,8-9,15-16H,7,13H2,1H3. The number of thiophene rings is 1. The number of pyridine rings is 1. The minimum atomic E-state index is -3.71. The third-order valence-corrected chi connectivity index (χ3v) is 4.94. The van der Waals surface area contributed by atoms with Gasteiger partial charge in [0.1, 0.15) is 0 Å². The quantitative estimate of drug-likeness (QED) is 0.552. The molecule has 0 aliphatic rings. The van der Waals surface area contributed by atoms with Gasteiger partial charge in [0.25, 0.3) is 10.0 Å². The molecular weight excluding hydrogens is 296 g/mol. The fourth-order valence-corrected chi connectivity index (χ4v) is 3.86. The number of sulfonamides is 1. The maximum Gasteiger partial charge on any atom is 0.260 e. The van der Waals surface area contributed by atoms with Crippen LogP contribution in [0.2, 0.25) is 0 Å². The van der Waals surface area contributed by atoms with Gasteiger partial charge in [0.05, 0.1) is 5.69 Å². The van der Waals surface area contributed by atoms with E-state index in [1.165, 1.54) is 6.20 Å². The molecule has 0 spiro atoms. The van der Waals surface area contributed by atoms with Crippen LogP contribution in [0.4, 0.5) is 5.69 Å². The lowest BCUT2D eigenvalue weighted by atomic mass is 10.1. The number of nitrogens with one attached hydrogen (secondary N) is 2. The Kier molecular flexibility index (Phi) is 4.71. The molecule has 2 aromatic rings. The van der Waals surface area contributed by atoms with E-state index in [0.29, 0.717) is 6.42 Å². The molecule has 2 aromatic heterocycles. The molecule has 0 saturated heterocycles. The minimum Gasteiger partial charge on any atom is -0.321 e. The van der Waals surface area contributed by atoms with Gasteiger partial charge in [-0.2, -0.15) is 11.3 Å². The second-order valence-corrected chi connectivity index (χ2v) is 6.77. The van der Waals surface area contributed by atoms with Crippen molar-refractivity contribution in [3.8, 4) is 0 Å². The highest BCUT2D eigenvalue weighted by Gasteiger charge is 2.22. The van der Waals surface area contributed by atoms with Crippen LogP contribution in [0.25, 0.3) is 0 Å². The number of aromatic nitrogens is 1. The Balaban J connectivity index is 2.14. The Morgan fingerprint density at radius 1 is 1.45 bits per heavy atom. The summed E-state index contributed by atoms with van der Waals surface area (Å²) in [5.41, 5.74) is 3.71. The van der Waals surface area contributed by atoms with Crippen molar-refractivity contribution >= 4 is 27.0 Å². The third kappa shape index (κ3) is 3.54. The average molecular weight is 312 g/mol. The fourth-order valence-electron chi connectivity index (χ4n) is 1.84. The molecule has 0 fully saturated rings. The normalized spacial score (nSPS) is 13.1. The van der Waals surface area contributed by atoms with Crippen molar-refractivity contribution in [2.24, 2.45) is 5.84 Å². The van der Waals surface area contributed by atoms with Gasteiger partial charge in [-0.1, -0.05) is 0 Å². The minimum absolute atomic E-state index is 0.0975. The first-order valence-electron chi connectivity index (χ1n) is 5.98. The predicted octanol–water partition coefficient (Wildman–Crippen LogP) is 1.34. The van der Waals surface area contributed by atoms with E-state index in [1.807, 2.05) is 23.8 Å². The van der Waals surface area contributed by atoms with Crippen molar-refractivity contribution < 1.29 is 8.42 Å². The number of hydrazine groups is 1. The largest absolute Gasteiger partial charge is 0.321 e. The molecule has 0 bridgehead atoms. The molecule has 2 rings (SSSR count). The van der Waals surface area contributed by atoms with E-state index in [2.05, 4.69) is 15.1 Å². The molecule has 20 heavy (non-hydrogen) atoms. The van der Waals surface area contributed by atoms with Crippen molar-refractivity contribution in [1.82, 2.24) is 9.71 Å². The van der Waals surface area contributed by atoms with Crippen molar-refractivity contribution in [2.45, 2.75) is 24.4 Å². The van der Waals surface area contributed by atoms with Crippen LogP contribution >= 0.6 is 11.3 Å². The SMILES string of the molecule is CC(Cc1ccsc1)NS(=O)(=O)c1ncccc1NN. The van der Waals surface area contributed by atoms with Crippen LogP contribution in [-0.2, 0) is 16.4 Å². The summed E-state index contributed by atoms with van der Waals surface area (Å²) in [5, 5.41) is 3.86. The number of nitrogens with zero attached hydrogens (tertiary/aromatic N) is 1. The van der Waals surface area contributed by atoms with E-state index in [9.17, 15) is 8.42 Å². The molecule has 0 aliphatic carbocycles. The molecule has 8 heteroatoms. The Hall–Kier alpha value is -1.48. The summed E-state index contributed by atoms with van der Waals surface area (Å²) in [6.45, 7) is 1.81. The van der Waals surface area contributed by atoms with E-state index in [0.717, 1.165) is 5.56 Å². The molecule has 2 heterocycles. The summed E-state index contributed by atoms with van der Waals surface area (Å²) in [4.78, 5) is 3.88. The fraction of sp³-hybridized carbons (Fsp3) is 0.250.